The number of pyridine rings is 2. The molecule has 1 aliphatic rings. The van der Waals surface area contributed by atoms with Gasteiger partial charge in [-0.1, -0.05) is 0 Å². The summed E-state index contributed by atoms with van der Waals surface area (Å²) in [5.74, 6) is 2.39. The standard InChI is InChI=1S/C24H25N5O4/c1-13(31-3)12-32-15-6-7-20-19(8-15)28-24(33-20)18-11-27-22(25-2)17-10-26-21(9-16(17)18)29-23(30)14-4-5-14/h6-11,13-14H,4-5,12H2,1-3H3,(H,25,27)(H,26,29,30)/t13-/m0/s1. The van der Waals surface area contributed by atoms with Crippen LogP contribution in [0.1, 0.15) is 19.8 Å². The van der Waals surface area contributed by atoms with Crippen LogP contribution in [0.25, 0.3) is 33.3 Å². The Bertz CT molecular complexity index is 1330. The molecule has 0 unspecified atom stereocenters. The molecule has 5 rings (SSSR count). The van der Waals surface area contributed by atoms with Crippen molar-refractivity contribution in [3.8, 4) is 17.2 Å². The molecule has 0 aliphatic heterocycles. The van der Waals surface area contributed by atoms with E-state index in [1.165, 1.54) is 0 Å². The van der Waals surface area contributed by atoms with Crippen LogP contribution in [0, 0.1) is 5.92 Å². The lowest BCUT2D eigenvalue weighted by atomic mass is 10.1. The third-order valence-corrected chi connectivity index (χ3v) is 5.68. The van der Waals surface area contributed by atoms with Crippen LogP contribution in [-0.4, -0.2) is 47.7 Å². The zero-order chi connectivity index (χ0) is 22.9. The zero-order valence-electron chi connectivity index (χ0n) is 18.7. The Morgan fingerprint density at radius 1 is 1.21 bits per heavy atom. The number of nitrogens with zero attached hydrogens (tertiary/aromatic N) is 3. The van der Waals surface area contributed by atoms with Crippen LogP contribution < -0.4 is 15.4 Å². The topological polar surface area (TPSA) is 111 Å². The Hall–Kier alpha value is -3.72. The first-order chi connectivity index (χ1) is 16.1. The van der Waals surface area contributed by atoms with Gasteiger partial charge in [0.15, 0.2) is 5.58 Å². The van der Waals surface area contributed by atoms with E-state index >= 15 is 0 Å². The quantitative estimate of drug-likeness (QED) is 0.413. The molecular weight excluding hydrogens is 422 g/mol. The van der Waals surface area contributed by atoms with Gasteiger partial charge in [-0.15, -0.1) is 0 Å². The fraction of sp³-hybridized carbons (Fsp3) is 0.333. The Morgan fingerprint density at radius 2 is 2.06 bits per heavy atom. The van der Waals surface area contributed by atoms with E-state index in [0.717, 1.165) is 23.6 Å². The molecule has 1 atom stereocenters. The maximum absolute atomic E-state index is 12.2. The van der Waals surface area contributed by atoms with E-state index in [-0.39, 0.29) is 17.9 Å². The van der Waals surface area contributed by atoms with Gasteiger partial charge >= 0.3 is 0 Å². The molecule has 1 aromatic carbocycles. The summed E-state index contributed by atoms with van der Waals surface area (Å²) in [6.45, 7) is 2.38. The van der Waals surface area contributed by atoms with Gasteiger partial charge in [0, 0.05) is 49.3 Å². The van der Waals surface area contributed by atoms with Crippen molar-refractivity contribution in [3.05, 3.63) is 36.7 Å². The summed E-state index contributed by atoms with van der Waals surface area (Å²) in [6, 6.07) is 7.35. The van der Waals surface area contributed by atoms with Crippen LogP contribution in [0.5, 0.6) is 5.75 Å². The number of rotatable bonds is 8. The molecule has 9 nitrogen and oxygen atoms in total. The summed E-state index contributed by atoms with van der Waals surface area (Å²) in [4.78, 5) is 25.8. The molecule has 0 saturated heterocycles. The number of carbonyl (C=O) groups excluding carboxylic acids is 1. The molecule has 3 heterocycles. The average molecular weight is 447 g/mol. The van der Waals surface area contributed by atoms with Gasteiger partial charge in [-0.3, -0.25) is 4.79 Å². The molecule has 0 bridgehead atoms. The van der Waals surface area contributed by atoms with E-state index in [9.17, 15) is 4.79 Å². The molecule has 1 amide bonds. The third-order valence-electron chi connectivity index (χ3n) is 5.68. The van der Waals surface area contributed by atoms with Gasteiger partial charge in [0.05, 0.1) is 11.7 Å². The number of hydrogen-bond donors (Lipinski definition) is 2. The van der Waals surface area contributed by atoms with Crippen molar-refractivity contribution in [2.75, 3.05) is 31.4 Å². The number of ether oxygens (including phenoxy) is 2. The first-order valence-corrected chi connectivity index (χ1v) is 10.9. The molecule has 0 spiro atoms. The van der Waals surface area contributed by atoms with Crippen molar-refractivity contribution in [1.29, 1.82) is 0 Å². The van der Waals surface area contributed by atoms with E-state index in [1.54, 1.807) is 26.6 Å². The first-order valence-electron chi connectivity index (χ1n) is 10.9. The summed E-state index contributed by atoms with van der Waals surface area (Å²) in [5.41, 5.74) is 2.02. The van der Waals surface area contributed by atoms with Crippen LogP contribution in [0.2, 0.25) is 0 Å². The van der Waals surface area contributed by atoms with Crippen LogP contribution >= 0.6 is 0 Å². The number of nitrogens with one attached hydrogen (secondary N) is 2. The molecule has 170 valence electrons. The Kier molecular flexibility index (Phi) is 5.55. The van der Waals surface area contributed by atoms with Gasteiger partial charge in [-0.05, 0) is 38.0 Å². The highest BCUT2D eigenvalue weighted by Gasteiger charge is 2.30. The van der Waals surface area contributed by atoms with Gasteiger partial charge in [0.25, 0.3) is 0 Å². The van der Waals surface area contributed by atoms with Crippen LogP contribution in [0.3, 0.4) is 0 Å². The highest BCUT2D eigenvalue weighted by Crippen LogP contribution is 2.35. The van der Waals surface area contributed by atoms with Gasteiger partial charge < -0.3 is 24.5 Å². The number of aromatic nitrogens is 3. The number of hydrogen-bond acceptors (Lipinski definition) is 8. The second kappa shape index (κ2) is 8.67. The van der Waals surface area contributed by atoms with Gasteiger partial charge in [-0.25, -0.2) is 15.0 Å². The normalized spacial score (nSPS) is 14.4. The van der Waals surface area contributed by atoms with E-state index < -0.39 is 0 Å². The molecule has 9 heteroatoms. The molecule has 2 N–H and O–H groups in total. The number of amides is 1. The predicted octanol–water partition coefficient (Wildman–Crippen LogP) is 4.24. The highest BCUT2D eigenvalue weighted by atomic mass is 16.5. The second-order valence-electron chi connectivity index (χ2n) is 8.16. The fourth-order valence-corrected chi connectivity index (χ4v) is 3.54. The third kappa shape index (κ3) is 4.31. The summed E-state index contributed by atoms with van der Waals surface area (Å²) in [7, 11) is 3.45. The molecule has 1 aliphatic carbocycles. The van der Waals surface area contributed by atoms with Crippen molar-refractivity contribution < 1.29 is 18.7 Å². The van der Waals surface area contributed by atoms with Crippen LogP contribution in [0.15, 0.2) is 41.1 Å². The molecule has 1 fully saturated rings. The van der Waals surface area contributed by atoms with Crippen molar-refractivity contribution in [2.24, 2.45) is 5.92 Å². The van der Waals surface area contributed by atoms with Crippen molar-refractivity contribution in [1.82, 2.24) is 15.0 Å². The highest BCUT2D eigenvalue weighted by molar-refractivity contribution is 6.03. The van der Waals surface area contributed by atoms with Gasteiger partial charge in [-0.2, -0.15) is 0 Å². The Balaban J connectivity index is 1.52. The Morgan fingerprint density at radius 3 is 2.82 bits per heavy atom. The molecular formula is C24H25N5O4. The Labute approximate surface area is 190 Å². The van der Waals surface area contributed by atoms with Crippen molar-refractivity contribution >= 4 is 39.4 Å². The lowest BCUT2D eigenvalue weighted by Crippen LogP contribution is -2.15. The summed E-state index contributed by atoms with van der Waals surface area (Å²) < 4.78 is 17.1. The maximum Gasteiger partial charge on any atom is 0.229 e. The SMILES string of the molecule is CNc1ncc(-c2nc3cc(OC[C@H](C)OC)ccc3o2)c2cc(NC(=O)C3CC3)ncc12. The average Bonchev–Trinajstić information content (AvgIpc) is 3.61. The number of methoxy groups -OCH3 is 1. The first kappa shape index (κ1) is 21.1. The molecule has 4 aromatic rings. The smallest absolute Gasteiger partial charge is 0.229 e. The van der Waals surface area contributed by atoms with Gasteiger partial charge in [0.2, 0.25) is 11.8 Å². The number of carbonyl (C=O) groups is 1. The van der Waals surface area contributed by atoms with E-state index in [2.05, 4.69) is 25.6 Å². The minimum Gasteiger partial charge on any atom is -0.491 e. The molecule has 0 radical (unpaired) electrons. The molecule has 3 aromatic heterocycles. The summed E-state index contributed by atoms with van der Waals surface area (Å²) in [6.07, 6.45) is 5.25. The van der Waals surface area contributed by atoms with Gasteiger partial charge in [0.1, 0.15) is 29.5 Å². The second-order valence-corrected chi connectivity index (χ2v) is 8.16. The minimum atomic E-state index is -0.0140. The number of oxazole rings is 1. The minimum absolute atomic E-state index is 0.00322. The lowest BCUT2D eigenvalue weighted by Gasteiger charge is -2.10. The maximum atomic E-state index is 12.2. The molecule has 33 heavy (non-hydrogen) atoms. The largest absolute Gasteiger partial charge is 0.491 e. The summed E-state index contributed by atoms with van der Waals surface area (Å²) >= 11 is 0. The van der Waals surface area contributed by atoms with E-state index in [4.69, 9.17) is 13.9 Å². The lowest BCUT2D eigenvalue weighted by molar-refractivity contribution is -0.117. The fourth-order valence-electron chi connectivity index (χ4n) is 3.54. The van der Waals surface area contributed by atoms with E-state index in [1.807, 2.05) is 31.2 Å². The monoisotopic (exact) mass is 447 g/mol. The van der Waals surface area contributed by atoms with Crippen molar-refractivity contribution in [2.45, 2.75) is 25.9 Å². The van der Waals surface area contributed by atoms with Crippen LogP contribution in [0.4, 0.5) is 11.6 Å². The zero-order valence-corrected chi connectivity index (χ0v) is 18.7. The van der Waals surface area contributed by atoms with Crippen LogP contribution in [-0.2, 0) is 9.53 Å². The molecule has 1 saturated carbocycles. The number of anilines is 2. The number of benzene rings is 1. The van der Waals surface area contributed by atoms with Crippen molar-refractivity contribution in [3.63, 3.8) is 0 Å². The van der Waals surface area contributed by atoms with E-state index in [0.29, 0.717) is 46.5 Å². The predicted molar refractivity (Wildman–Crippen MR) is 125 cm³/mol. The number of fused-ring (bicyclic) bond motifs is 2. The summed E-state index contributed by atoms with van der Waals surface area (Å²) in [5, 5.41) is 7.62.